The van der Waals surface area contributed by atoms with Crippen LogP contribution < -0.4 is 15.4 Å². The molecule has 7 heteroatoms. The van der Waals surface area contributed by atoms with Gasteiger partial charge in [-0.05, 0) is 47.5 Å². The molecule has 0 atom stereocenters. The summed E-state index contributed by atoms with van der Waals surface area (Å²) >= 11 is 12.2. The molecule has 0 aliphatic carbocycles. The second-order valence-electron chi connectivity index (χ2n) is 6.29. The van der Waals surface area contributed by atoms with Gasteiger partial charge in [-0.2, -0.15) is 0 Å². The number of halogens is 3. The van der Waals surface area contributed by atoms with Gasteiger partial charge in [0.1, 0.15) is 0 Å². The summed E-state index contributed by atoms with van der Waals surface area (Å²) in [7, 11) is 1.40. The maximum atomic E-state index is 13.8. The minimum absolute atomic E-state index is 0.153. The molecule has 0 saturated heterocycles. The molecule has 0 heterocycles. The molecule has 150 valence electrons. The largest absolute Gasteiger partial charge is 0.494 e. The van der Waals surface area contributed by atoms with E-state index in [1.807, 2.05) is 12.1 Å². The fourth-order valence-electron chi connectivity index (χ4n) is 2.79. The highest BCUT2D eigenvalue weighted by atomic mass is 35.5. The molecule has 0 bridgehead atoms. The molecule has 0 spiro atoms. The standard InChI is InChI=1S/C22H19Cl2FN2O2/c1-29-20-10-7-15(11-18(20)25)13-27-22(28)21-17(24)3-2-4-19(21)26-12-14-5-8-16(23)9-6-14/h2-11,26H,12-13H2,1H3,(H,27,28). The van der Waals surface area contributed by atoms with E-state index in [1.54, 1.807) is 36.4 Å². The van der Waals surface area contributed by atoms with Gasteiger partial charge in [0.15, 0.2) is 11.6 Å². The third-order valence-corrected chi connectivity index (χ3v) is 4.87. The van der Waals surface area contributed by atoms with Crippen LogP contribution in [0.1, 0.15) is 21.5 Å². The Hall–Kier alpha value is -2.76. The van der Waals surface area contributed by atoms with Crippen molar-refractivity contribution in [3.63, 3.8) is 0 Å². The van der Waals surface area contributed by atoms with E-state index < -0.39 is 5.82 Å². The molecule has 29 heavy (non-hydrogen) atoms. The summed E-state index contributed by atoms with van der Waals surface area (Å²) in [6.07, 6.45) is 0. The van der Waals surface area contributed by atoms with Crippen LogP contribution in [0.4, 0.5) is 10.1 Å². The average Bonchev–Trinajstić information content (AvgIpc) is 2.71. The zero-order chi connectivity index (χ0) is 20.8. The van der Waals surface area contributed by atoms with Gasteiger partial charge in [0, 0.05) is 23.8 Å². The number of carbonyl (C=O) groups excluding carboxylic acids is 1. The number of methoxy groups -OCH3 is 1. The molecule has 0 aromatic heterocycles. The predicted octanol–water partition coefficient (Wildman–Crippen LogP) is 5.68. The van der Waals surface area contributed by atoms with Gasteiger partial charge in [0.05, 0.1) is 17.7 Å². The number of benzene rings is 3. The van der Waals surface area contributed by atoms with Gasteiger partial charge < -0.3 is 15.4 Å². The Morgan fingerprint density at radius 2 is 1.72 bits per heavy atom. The lowest BCUT2D eigenvalue weighted by atomic mass is 10.1. The van der Waals surface area contributed by atoms with Crippen LogP contribution in [0.15, 0.2) is 60.7 Å². The molecule has 0 aliphatic rings. The minimum atomic E-state index is -0.484. The Labute approximate surface area is 178 Å². The van der Waals surface area contributed by atoms with Crippen LogP contribution in [0.25, 0.3) is 0 Å². The molecular weight excluding hydrogens is 414 g/mol. The lowest BCUT2D eigenvalue weighted by molar-refractivity contribution is 0.0952. The van der Waals surface area contributed by atoms with Crippen molar-refractivity contribution in [3.8, 4) is 5.75 Å². The van der Waals surface area contributed by atoms with Gasteiger partial charge in [0.25, 0.3) is 5.91 Å². The van der Waals surface area contributed by atoms with Gasteiger partial charge in [-0.25, -0.2) is 4.39 Å². The molecule has 4 nitrogen and oxygen atoms in total. The summed E-state index contributed by atoms with van der Waals surface area (Å²) in [4.78, 5) is 12.8. The fourth-order valence-corrected chi connectivity index (χ4v) is 3.18. The van der Waals surface area contributed by atoms with Crippen molar-refractivity contribution in [3.05, 3.63) is 93.2 Å². The van der Waals surface area contributed by atoms with Crippen LogP contribution >= 0.6 is 23.2 Å². The molecule has 0 fully saturated rings. The Morgan fingerprint density at radius 3 is 2.41 bits per heavy atom. The number of hydrogen-bond donors (Lipinski definition) is 2. The number of ether oxygens (including phenoxy) is 1. The van der Waals surface area contributed by atoms with Gasteiger partial charge in [-0.3, -0.25) is 4.79 Å². The van der Waals surface area contributed by atoms with Crippen molar-refractivity contribution in [1.29, 1.82) is 0 Å². The summed E-state index contributed by atoms with van der Waals surface area (Å²) in [5.41, 5.74) is 2.55. The quantitative estimate of drug-likeness (QED) is 0.504. The van der Waals surface area contributed by atoms with Crippen molar-refractivity contribution in [2.24, 2.45) is 0 Å². The van der Waals surface area contributed by atoms with E-state index >= 15 is 0 Å². The van der Waals surface area contributed by atoms with E-state index in [0.29, 0.717) is 33.4 Å². The molecule has 2 N–H and O–H groups in total. The first-order valence-electron chi connectivity index (χ1n) is 8.85. The van der Waals surface area contributed by atoms with E-state index in [1.165, 1.54) is 19.2 Å². The lowest BCUT2D eigenvalue weighted by Crippen LogP contribution is -2.24. The molecule has 0 unspecified atom stereocenters. The van der Waals surface area contributed by atoms with E-state index in [2.05, 4.69) is 10.6 Å². The predicted molar refractivity (Wildman–Crippen MR) is 114 cm³/mol. The van der Waals surface area contributed by atoms with Crippen LogP contribution in [0.2, 0.25) is 10.0 Å². The first kappa shape index (κ1) is 21.0. The van der Waals surface area contributed by atoms with Crippen LogP contribution in [-0.4, -0.2) is 13.0 Å². The second-order valence-corrected chi connectivity index (χ2v) is 7.14. The molecule has 0 radical (unpaired) electrons. The molecule has 3 aromatic carbocycles. The van der Waals surface area contributed by atoms with Crippen LogP contribution in [0, 0.1) is 5.82 Å². The van der Waals surface area contributed by atoms with Crippen molar-refractivity contribution < 1.29 is 13.9 Å². The van der Waals surface area contributed by atoms with E-state index in [4.69, 9.17) is 27.9 Å². The lowest BCUT2D eigenvalue weighted by Gasteiger charge is -2.14. The Morgan fingerprint density at radius 1 is 1.00 bits per heavy atom. The summed E-state index contributed by atoms with van der Waals surface area (Å²) in [5.74, 6) is -0.687. The molecule has 3 aromatic rings. The zero-order valence-electron chi connectivity index (χ0n) is 15.6. The summed E-state index contributed by atoms with van der Waals surface area (Å²) in [6, 6.07) is 17.1. The third-order valence-electron chi connectivity index (χ3n) is 4.31. The SMILES string of the molecule is COc1ccc(CNC(=O)c2c(Cl)cccc2NCc2ccc(Cl)cc2)cc1F. The second kappa shape index (κ2) is 9.63. The Bertz CT molecular complexity index is 1010. The first-order chi connectivity index (χ1) is 14.0. The number of amides is 1. The summed E-state index contributed by atoms with van der Waals surface area (Å²) < 4.78 is 18.7. The monoisotopic (exact) mass is 432 g/mol. The van der Waals surface area contributed by atoms with Crippen molar-refractivity contribution in [2.75, 3.05) is 12.4 Å². The van der Waals surface area contributed by atoms with E-state index in [9.17, 15) is 9.18 Å². The Kier molecular flexibility index (Phi) is 6.96. The number of hydrogen-bond acceptors (Lipinski definition) is 3. The molecule has 3 rings (SSSR count). The number of rotatable bonds is 7. The topological polar surface area (TPSA) is 50.4 Å². The normalized spacial score (nSPS) is 10.5. The number of nitrogens with one attached hydrogen (secondary N) is 2. The van der Waals surface area contributed by atoms with Crippen LogP contribution in [-0.2, 0) is 13.1 Å². The number of carbonyl (C=O) groups is 1. The molecule has 1 amide bonds. The van der Waals surface area contributed by atoms with Gasteiger partial charge in [-0.1, -0.05) is 47.5 Å². The maximum Gasteiger partial charge on any atom is 0.255 e. The smallest absolute Gasteiger partial charge is 0.255 e. The number of anilines is 1. The van der Waals surface area contributed by atoms with Crippen LogP contribution in [0.5, 0.6) is 5.75 Å². The first-order valence-corrected chi connectivity index (χ1v) is 9.61. The van der Waals surface area contributed by atoms with Gasteiger partial charge in [0.2, 0.25) is 0 Å². The van der Waals surface area contributed by atoms with E-state index in [-0.39, 0.29) is 18.2 Å². The summed E-state index contributed by atoms with van der Waals surface area (Å²) in [5, 5.41) is 6.99. The molecule has 0 aliphatic heterocycles. The molecular formula is C22H19Cl2FN2O2. The highest BCUT2D eigenvalue weighted by molar-refractivity contribution is 6.34. The minimum Gasteiger partial charge on any atom is -0.494 e. The van der Waals surface area contributed by atoms with Crippen molar-refractivity contribution in [1.82, 2.24) is 5.32 Å². The molecule has 0 saturated carbocycles. The highest BCUT2D eigenvalue weighted by Crippen LogP contribution is 2.25. The van der Waals surface area contributed by atoms with E-state index in [0.717, 1.165) is 5.56 Å². The maximum absolute atomic E-state index is 13.8. The fraction of sp³-hybridized carbons (Fsp3) is 0.136. The van der Waals surface area contributed by atoms with Crippen molar-refractivity contribution >= 4 is 34.8 Å². The van der Waals surface area contributed by atoms with Gasteiger partial charge in [-0.15, -0.1) is 0 Å². The highest BCUT2D eigenvalue weighted by Gasteiger charge is 2.16. The van der Waals surface area contributed by atoms with Gasteiger partial charge >= 0.3 is 0 Å². The summed E-state index contributed by atoms with van der Waals surface area (Å²) in [6.45, 7) is 0.656. The van der Waals surface area contributed by atoms with Crippen molar-refractivity contribution in [2.45, 2.75) is 13.1 Å². The third kappa shape index (κ3) is 5.40. The van der Waals surface area contributed by atoms with Crippen LogP contribution in [0.3, 0.4) is 0 Å². The zero-order valence-corrected chi connectivity index (χ0v) is 17.1. The Balaban J connectivity index is 1.71. The average molecular weight is 433 g/mol.